The van der Waals surface area contributed by atoms with Gasteiger partial charge in [-0.15, -0.1) is 0 Å². The Morgan fingerprint density at radius 3 is 2.79 bits per heavy atom. The fourth-order valence-corrected chi connectivity index (χ4v) is 5.61. The predicted molar refractivity (Wildman–Crippen MR) is 150 cm³/mol. The molecule has 1 amide bonds. The van der Waals surface area contributed by atoms with E-state index in [-0.39, 0.29) is 17.6 Å². The zero-order valence-electron chi connectivity index (χ0n) is 22.2. The number of aromatic nitrogens is 4. The standard InChI is InChI=1S/C30H31FN6O2/c1-18(2)35(3)29(38)23-13-21(31)5-7-27(23)37-17-24(22-8-10-32-14-28(22)37)20-9-11-36(16-20)15-19-4-6-25-26(12-19)34-30(39)33-25/h4-8,10,12-14,17-18,20H,9,11,15-16H2,1-3H3,(H2,33,34,39)/t20-/m1/s1. The van der Waals surface area contributed by atoms with Crippen LogP contribution in [0.5, 0.6) is 0 Å². The molecule has 9 heteroatoms. The lowest BCUT2D eigenvalue weighted by Crippen LogP contribution is -2.33. The topological polar surface area (TPSA) is 90.0 Å². The normalized spacial score (nSPS) is 16.1. The van der Waals surface area contributed by atoms with E-state index in [1.807, 2.05) is 42.8 Å². The highest BCUT2D eigenvalue weighted by Gasteiger charge is 2.28. The summed E-state index contributed by atoms with van der Waals surface area (Å²) in [5.74, 6) is -0.369. The minimum Gasteiger partial charge on any atom is -0.339 e. The summed E-state index contributed by atoms with van der Waals surface area (Å²) in [6.07, 6.45) is 6.69. The highest BCUT2D eigenvalue weighted by molar-refractivity contribution is 5.99. The molecule has 8 nitrogen and oxygen atoms in total. The molecular weight excluding hydrogens is 495 g/mol. The highest BCUT2D eigenvalue weighted by Crippen LogP contribution is 2.36. The van der Waals surface area contributed by atoms with Crippen LogP contribution in [0.4, 0.5) is 4.39 Å². The highest BCUT2D eigenvalue weighted by atomic mass is 19.1. The molecule has 0 saturated carbocycles. The third kappa shape index (κ3) is 4.63. The maximum absolute atomic E-state index is 14.3. The number of pyridine rings is 1. The summed E-state index contributed by atoms with van der Waals surface area (Å²) in [7, 11) is 1.74. The third-order valence-electron chi connectivity index (χ3n) is 7.88. The van der Waals surface area contributed by atoms with Gasteiger partial charge in [0.15, 0.2) is 0 Å². The second-order valence-electron chi connectivity index (χ2n) is 10.7. The molecule has 1 aliphatic rings. The predicted octanol–water partition coefficient (Wildman–Crippen LogP) is 4.80. The minimum absolute atomic E-state index is 0.0186. The van der Waals surface area contributed by atoms with Crippen molar-refractivity contribution >= 4 is 27.8 Å². The van der Waals surface area contributed by atoms with Crippen LogP contribution in [-0.2, 0) is 6.54 Å². The van der Waals surface area contributed by atoms with Gasteiger partial charge in [-0.1, -0.05) is 6.07 Å². The molecule has 39 heavy (non-hydrogen) atoms. The van der Waals surface area contributed by atoms with Crippen molar-refractivity contribution in [1.29, 1.82) is 0 Å². The summed E-state index contributed by atoms with van der Waals surface area (Å²) in [4.78, 5) is 39.0. The number of amides is 1. The molecule has 1 fully saturated rings. The monoisotopic (exact) mass is 526 g/mol. The fraction of sp³-hybridized carbons (Fsp3) is 0.300. The average molecular weight is 527 g/mol. The summed E-state index contributed by atoms with van der Waals surface area (Å²) >= 11 is 0. The molecule has 1 aliphatic heterocycles. The van der Waals surface area contributed by atoms with Crippen molar-refractivity contribution in [3.63, 3.8) is 0 Å². The molecule has 0 radical (unpaired) electrons. The van der Waals surface area contributed by atoms with Gasteiger partial charge >= 0.3 is 5.69 Å². The number of nitrogens with zero attached hydrogens (tertiary/aromatic N) is 4. The van der Waals surface area contributed by atoms with E-state index in [1.54, 1.807) is 24.2 Å². The molecular formula is C30H31FN6O2. The number of carbonyl (C=O) groups excluding carboxylic acids is 1. The zero-order valence-corrected chi connectivity index (χ0v) is 22.2. The summed E-state index contributed by atoms with van der Waals surface area (Å²) in [6, 6.07) is 12.4. The Hall–Kier alpha value is -4.24. The maximum atomic E-state index is 14.3. The first kappa shape index (κ1) is 25.1. The van der Waals surface area contributed by atoms with Gasteiger partial charge in [-0.3, -0.25) is 14.7 Å². The van der Waals surface area contributed by atoms with Gasteiger partial charge in [0, 0.05) is 44.0 Å². The molecule has 0 aliphatic carbocycles. The van der Waals surface area contributed by atoms with E-state index >= 15 is 0 Å². The van der Waals surface area contributed by atoms with Crippen LogP contribution in [0.2, 0.25) is 0 Å². The van der Waals surface area contributed by atoms with E-state index < -0.39 is 5.82 Å². The number of hydrogen-bond donors (Lipinski definition) is 2. The van der Waals surface area contributed by atoms with Crippen LogP contribution in [-0.4, -0.2) is 61.4 Å². The molecule has 0 spiro atoms. The van der Waals surface area contributed by atoms with E-state index in [0.29, 0.717) is 17.2 Å². The number of imidazole rings is 1. The molecule has 2 aromatic carbocycles. The van der Waals surface area contributed by atoms with Crippen LogP contribution >= 0.6 is 0 Å². The maximum Gasteiger partial charge on any atom is 0.323 e. The Morgan fingerprint density at radius 1 is 1.15 bits per heavy atom. The number of H-pyrrole nitrogens is 2. The summed E-state index contributed by atoms with van der Waals surface area (Å²) < 4.78 is 16.3. The first-order valence-corrected chi connectivity index (χ1v) is 13.2. The summed E-state index contributed by atoms with van der Waals surface area (Å²) in [6.45, 7) is 6.49. The number of aromatic amines is 2. The van der Waals surface area contributed by atoms with Crippen LogP contribution < -0.4 is 5.69 Å². The number of benzene rings is 2. The van der Waals surface area contributed by atoms with Gasteiger partial charge < -0.3 is 19.4 Å². The number of carbonyl (C=O) groups is 1. The van der Waals surface area contributed by atoms with E-state index in [2.05, 4.69) is 32.1 Å². The number of likely N-dealkylation sites (tertiary alicyclic amines) is 1. The molecule has 4 heterocycles. The molecule has 0 bridgehead atoms. The van der Waals surface area contributed by atoms with Gasteiger partial charge in [-0.05, 0) is 80.3 Å². The smallest absolute Gasteiger partial charge is 0.323 e. The second-order valence-corrected chi connectivity index (χ2v) is 10.7. The Morgan fingerprint density at radius 2 is 1.97 bits per heavy atom. The second kappa shape index (κ2) is 9.81. The molecule has 2 N–H and O–H groups in total. The van der Waals surface area contributed by atoms with Crippen molar-refractivity contribution in [2.45, 2.75) is 38.8 Å². The minimum atomic E-state index is -0.442. The van der Waals surface area contributed by atoms with Gasteiger partial charge in [-0.2, -0.15) is 0 Å². The van der Waals surface area contributed by atoms with E-state index in [9.17, 15) is 14.0 Å². The van der Waals surface area contributed by atoms with E-state index in [0.717, 1.165) is 53.6 Å². The van der Waals surface area contributed by atoms with Crippen LogP contribution in [0, 0.1) is 5.82 Å². The molecule has 3 aromatic heterocycles. The average Bonchev–Trinajstić information content (AvgIpc) is 3.63. The Balaban J connectivity index is 1.32. The molecule has 1 atom stereocenters. The van der Waals surface area contributed by atoms with Gasteiger partial charge in [0.2, 0.25) is 0 Å². The van der Waals surface area contributed by atoms with Crippen LogP contribution in [0.25, 0.3) is 27.6 Å². The molecule has 5 aromatic rings. The van der Waals surface area contributed by atoms with Crippen molar-refractivity contribution in [1.82, 2.24) is 29.3 Å². The lowest BCUT2D eigenvalue weighted by Gasteiger charge is -2.23. The Kier molecular flexibility index (Phi) is 6.31. The first-order valence-electron chi connectivity index (χ1n) is 13.2. The van der Waals surface area contributed by atoms with Crippen LogP contribution in [0.3, 0.4) is 0 Å². The van der Waals surface area contributed by atoms with Crippen molar-refractivity contribution < 1.29 is 9.18 Å². The summed E-state index contributed by atoms with van der Waals surface area (Å²) in [5, 5.41) is 1.09. The lowest BCUT2D eigenvalue weighted by atomic mass is 9.98. The first-order chi connectivity index (χ1) is 18.8. The molecule has 0 unspecified atom stereocenters. The zero-order chi connectivity index (χ0) is 27.3. The van der Waals surface area contributed by atoms with Gasteiger partial charge in [0.25, 0.3) is 5.91 Å². The van der Waals surface area contributed by atoms with Gasteiger partial charge in [0.05, 0.1) is 34.0 Å². The van der Waals surface area contributed by atoms with Crippen molar-refractivity contribution in [2.75, 3.05) is 20.1 Å². The van der Waals surface area contributed by atoms with Gasteiger partial charge in [-0.25, -0.2) is 9.18 Å². The number of nitrogens with one attached hydrogen (secondary N) is 2. The van der Waals surface area contributed by atoms with Gasteiger partial charge in [0.1, 0.15) is 5.82 Å². The van der Waals surface area contributed by atoms with Crippen LogP contribution in [0.1, 0.15) is 47.7 Å². The Labute approximate surface area is 225 Å². The largest absolute Gasteiger partial charge is 0.339 e. The SMILES string of the molecule is CC(C)N(C)C(=O)c1cc(F)ccc1-n1cc([C@@H]2CCN(Cc3ccc4[nH]c(=O)[nH]c4c3)C2)c2ccncc21. The van der Waals surface area contributed by atoms with Crippen LogP contribution in [0.15, 0.2) is 65.8 Å². The quantitative estimate of drug-likeness (QED) is 0.333. The summed E-state index contributed by atoms with van der Waals surface area (Å²) in [5.41, 5.74) is 5.62. The fourth-order valence-electron chi connectivity index (χ4n) is 5.61. The van der Waals surface area contributed by atoms with E-state index in [4.69, 9.17) is 0 Å². The molecule has 1 saturated heterocycles. The van der Waals surface area contributed by atoms with E-state index in [1.165, 1.54) is 17.7 Å². The number of fused-ring (bicyclic) bond motifs is 2. The molecule has 200 valence electrons. The Bertz CT molecular complexity index is 1750. The van der Waals surface area contributed by atoms with Crippen molar-refractivity contribution in [3.8, 4) is 5.69 Å². The lowest BCUT2D eigenvalue weighted by molar-refractivity contribution is 0.0754. The van der Waals surface area contributed by atoms with Crippen molar-refractivity contribution in [2.24, 2.45) is 0 Å². The van der Waals surface area contributed by atoms with Crippen molar-refractivity contribution in [3.05, 3.63) is 94.0 Å². The number of rotatable bonds is 6. The number of hydrogen-bond acceptors (Lipinski definition) is 4. The number of halogens is 1. The molecule has 6 rings (SSSR count). The third-order valence-corrected chi connectivity index (χ3v) is 7.88.